The Morgan fingerprint density at radius 1 is 0.946 bits per heavy atom. The monoisotopic (exact) mass is 579 g/mol. The highest BCUT2D eigenvalue weighted by atomic mass is 35.5. The van der Waals surface area contributed by atoms with Crippen LogP contribution in [0.3, 0.4) is 0 Å². The normalized spacial score (nSPS) is 15.3. The standard InChI is InChI=1S/C25H23Cl2N3O5S2/c1-17-2-5-23(6-3-17)37(33,34)30-10-8-21(9-11-30)29-36(31,32)25-12-18(16-28)4-7-24(25)35-22-14-19(26)13-20(27)15-22/h2-7,12-15,21,29H,8-11H2,1H3. The third kappa shape index (κ3) is 6.44. The van der Waals surface area contributed by atoms with Crippen molar-refractivity contribution in [1.29, 1.82) is 5.26 Å². The summed E-state index contributed by atoms with van der Waals surface area (Å²) < 4.78 is 62.4. The Morgan fingerprint density at radius 3 is 2.16 bits per heavy atom. The van der Waals surface area contributed by atoms with E-state index in [0.29, 0.717) is 10.0 Å². The Hall–Kier alpha value is -2.65. The number of benzene rings is 3. The Balaban J connectivity index is 1.51. The summed E-state index contributed by atoms with van der Waals surface area (Å²) in [6, 6.07) is 16.6. The van der Waals surface area contributed by atoms with Gasteiger partial charge in [0, 0.05) is 29.2 Å². The first-order valence-electron chi connectivity index (χ1n) is 11.3. The lowest BCUT2D eigenvalue weighted by Gasteiger charge is -2.31. The van der Waals surface area contributed by atoms with Crippen LogP contribution in [0.1, 0.15) is 24.0 Å². The molecule has 1 aliphatic rings. The van der Waals surface area contributed by atoms with Crippen LogP contribution < -0.4 is 9.46 Å². The highest BCUT2D eigenvalue weighted by molar-refractivity contribution is 7.89. The Labute approximate surface area is 226 Å². The molecule has 1 aliphatic heterocycles. The predicted octanol–water partition coefficient (Wildman–Crippen LogP) is 5.10. The van der Waals surface area contributed by atoms with Gasteiger partial charge in [0.2, 0.25) is 20.0 Å². The molecule has 1 heterocycles. The summed E-state index contributed by atoms with van der Waals surface area (Å²) in [5.74, 6) is 0.220. The van der Waals surface area contributed by atoms with E-state index in [2.05, 4.69) is 4.72 Å². The fourth-order valence-corrected chi connectivity index (χ4v) is 7.38. The highest BCUT2D eigenvalue weighted by Crippen LogP contribution is 2.33. The smallest absolute Gasteiger partial charge is 0.244 e. The quantitative estimate of drug-likeness (QED) is 0.416. The van der Waals surface area contributed by atoms with Crippen LogP contribution in [0, 0.1) is 18.3 Å². The summed E-state index contributed by atoms with van der Waals surface area (Å²) >= 11 is 12.1. The SMILES string of the molecule is Cc1ccc(S(=O)(=O)N2CCC(NS(=O)(=O)c3cc(C#N)ccc3Oc3cc(Cl)cc(Cl)c3)CC2)cc1. The maximum absolute atomic E-state index is 13.4. The van der Waals surface area contributed by atoms with E-state index in [0.717, 1.165) is 5.56 Å². The Kier molecular flexibility index (Phi) is 8.14. The lowest BCUT2D eigenvalue weighted by Crippen LogP contribution is -2.46. The lowest BCUT2D eigenvalue weighted by molar-refractivity contribution is 0.308. The van der Waals surface area contributed by atoms with Crippen LogP contribution in [0.25, 0.3) is 0 Å². The molecule has 3 aromatic rings. The van der Waals surface area contributed by atoms with Crippen molar-refractivity contribution in [3.05, 3.63) is 81.8 Å². The molecule has 0 aromatic heterocycles. The number of hydrogen-bond donors (Lipinski definition) is 1. The van der Waals surface area contributed by atoms with Gasteiger partial charge < -0.3 is 4.74 Å². The third-order valence-corrected chi connectivity index (χ3v) is 9.75. The van der Waals surface area contributed by atoms with Crippen LogP contribution in [0.15, 0.2) is 70.5 Å². The van der Waals surface area contributed by atoms with Crippen molar-refractivity contribution in [3.8, 4) is 17.6 Å². The molecule has 4 rings (SSSR count). The van der Waals surface area contributed by atoms with Gasteiger partial charge in [-0.2, -0.15) is 9.57 Å². The summed E-state index contributed by atoms with van der Waals surface area (Å²) in [7, 11) is -7.81. The molecule has 0 atom stereocenters. The number of nitriles is 1. The predicted molar refractivity (Wildman–Crippen MR) is 141 cm³/mol. The first kappa shape index (κ1) is 27.4. The lowest BCUT2D eigenvalue weighted by atomic mass is 10.1. The van der Waals surface area contributed by atoms with Gasteiger partial charge in [-0.05, 0) is 68.3 Å². The zero-order chi connectivity index (χ0) is 26.8. The van der Waals surface area contributed by atoms with E-state index in [1.165, 1.54) is 40.7 Å². The van der Waals surface area contributed by atoms with Crippen molar-refractivity contribution in [2.75, 3.05) is 13.1 Å². The molecule has 12 heteroatoms. The number of halogens is 2. The van der Waals surface area contributed by atoms with Gasteiger partial charge in [-0.15, -0.1) is 0 Å². The van der Waals surface area contributed by atoms with E-state index in [-0.39, 0.29) is 52.8 Å². The maximum atomic E-state index is 13.4. The van der Waals surface area contributed by atoms with E-state index in [1.807, 2.05) is 13.0 Å². The van der Waals surface area contributed by atoms with Crippen molar-refractivity contribution in [3.63, 3.8) is 0 Å². The molecule has 0 radical (unpaired) electrons. The van der Waals surface area contributed by atoms with Gasteiger partial charge in [-0.25, -0.2) is 21.6 Å². The second kappa shape index (κ2) is 11.0. The molecule has 0 aliphatic carbocycles. The molecule has 1 fully saturated rings. The topological polar surface area (TPSA) is 117 Å². The summed E-state index contributed by atoms with van der Waals surface area (Å²) in [4.78, 5) is -0.0225. The average Bonchev–Trinajstić information content (AvgIpc) is 2.84. The van der Waals surface area contributed by atoms with Gasteiger partial charge in [0.25, 0.3) is 0 Å². The van der Waals surface area contributed by atoms with Crippen molar-refractivity contribution < 1.29 is 21.6 Å². The minimum absolute atomic E-state index is 0.00998. The first-order chi connectivity index (χ1) is 17.5. The molecule has 0 bridgehead atoms. The molecule has 0 spiro atoms. The molecular weight excluding hydrogens is 557 g/mol. The molecule has 8 nitrogen and oxygen atoms in total. The summed E-state index contributed by atoms with van der Waals surface area (Å²) in [6.07, 6.45) is 0.560. The number of hydrogen-bond acceptors (Lipinski definition) is 6. The minimum atomic E-state index is -4.13. The molecule has 0 saturated carbocycles. The zero-order valence-electron chi connectivity index (χ0n) is 19.7. The van der Waals surface area contributed by atoms with Gasteiger partial charge in [0.05, 0.1) is 16.5 Å². The molecule has 0 amide bonds. The number of rotatable bonds is 7. The second-order valence-corrected chi connectivity index (χ2v) is 13.1. The van der Waals surface area contributed by atoms with E-state index in [1.54, 1.807) is 24.3 Å². The van der Waals surface area contributed by atoms with Crippen LogP contribution >= 0.6 is 23.2 Å². The van der Waals surface area contributed by atoms with Crippen molar-refractivity contribution in [2.24, 2.45) is 0 Å². The van der Waals surface area contributed by atoms with E-state index in [4.69, 9.17) is 27.9 Å². The number of aryl methyl sites for hydroxylation is 1. The number of nitrogens with one attached hydrogen (secondary N) is 1. The molecule has 0 unspecified atom stereocenters. The van der Waals surface area contributed by atoms with Crippen LogP contribution in [0.2, 0.25) is 10.0 Å². The highest BCUT2D eigenvalue weighted by Gasteiger charge is 2.32. The molecule has 1 saturated heterocycles. The first-order valence-corrected chi connectivity index (χ1v) is 14.9. The largest absolute Gasteiger partial charge is 0.456 e. The van der Waals surface area contributed by atoms with Crippen LogP contribution in [-0.4, -0.2) is 40.3 Å². The molecule has 1 N–H and O–H groups in total. The average molecular weight is 581 g/mol. The van der Waals surface area contributed by atoms with E-state index in [9.17, 15) is 22.1 Å². The van der Waals surface area contributed by atoms with Crippen LogP contribution in [0.5, 0.6) is 11.5 Å². The number of nitrogens with zero attached hydrogens (tertiary/aromatic N) is 2. The number of sulfonamides is 2. The third-order valence-electron chi connectivity index (χ3n) is 5.86. The van der Waals surface area contributed by atoms with E-state index < -0.39 is 26.1 Å². The van der Waals surface area contributed by atoms with E-state index >= 15 is 0 Å². The molecule has 194 valence electrons. The zero-order valence-corrected chi connectivity index (χ0v) is 22.8. The van der Waals surface area contributed by atoms with Crippen LogP contribution in [-0.2, 0) is 20.0 Å². The Bertz CT molecular complexity index is 1540. The molecular formula is C25H23Cl2N3O5S2. The van der Waals surface area contributed by atoms with Crippen molar-refractivity contribution >= 4 is 43.2 Å². The van der Waals surface area contributed by atoms with Crippen molar-refractivity contribution in [2.45, 2.75) is 35.6 Å². The Morgan fingerprint density at radius 2 is 1.57 bits per heavy atom. The maximum Gasteiger partial charge on any atom is 0.244 e. The summed E-state index contributed by atoms with van der Waals surface area (Å²) in [5.41, 5.74) is 1.09. The van der Waals surface area contributed by atoms with Crippen LogP contribution in [0.4, 0.5) is 0 Å². The van der Waals surface area contributed by atoms with Gasteiger partial charge in [-0.1, -0.05) is 40.9 Å². The molecule has 3 aromatic carbocycles. The summed E-state index contributed by atoms with van der Waals surface area (Å²) in [6.45, 7) is 2.19. The fraction of sp³-hybridized carbons (Fsp3) is 0.240. The van der Waals surface area contributed by atoms with Gasteiger partial charge in [0.1, 0.15) is 16.4 Å². The fourth-order valence-electron chi connectivity index (χ4n) is 3.94. The second-order valence-electron chi connectivity index (χ2n) is 8.59. The van der Waals surface area contributed by atoms with Gasteiger partial charge in [0.15, 0.2) is 0 Å². The van der Waals surface area contributed by atoms with Gasteiger partial charge in [-0.3, -0.25) is 0 Å². The summed E-state index contributed by atoms with van der Waals surface area (Å²) in [5, 5.41) is 9.94. The minimum Gasteiger partial charge on any atom is -0.456 e. The number of ether oxygens (including phenoxy) is 1. The van der Waals surface area contributed by atoms with Crippen molar-refractivity contribution in [1.82, 2.24) is 9.03 Å². The molecule has 37 heavy (non-hydrogen) atoms. The number of piperidine rings is 1. The van der Waals surface area contributed by atoms with Gasteiger partial charge >= 0.3 is 0 Å².